The Morgan fingerprint density at radius 3 is 2.90 bits per heavy atom. The van der Waals surface area contributed by atoms with E-state index in [-0.39, 0.29) is 6.04 Å². The Hall–Kier alpha value is -2.13. The molecule has 0 saturated carbocycles. The van der Waals surface area contributed by atoms with Crippen LogP contribution in [0.1, 0.15) is 36.9 Å². The van der Waals surface area contributed by atoms with E-state index in [4.69, 9.17) is 5.73 Å². The average molecular weight is 279 g/mol. The lowest BCUT2D eigenvalue weighted by atomic mass is 10.1. The number of nitrogens with two attached hydrogens (primary N) is 1. The van der Waals surface area contributed by atoms with Crippen LogP contribution in [0.4, 0.5) is 0 Å². The van der Waals surface area contributed by atoms with Crippen LogP contribution in [-0.4, -0.2) is 9.55 Å². The number of rotatable bonds is 5. The van der Waals surface area contributed by atoms with E-state index in [1.54, 1.807) is 0 Å². The van der Waals surface area contributed by atoms with Gasteiger partial charge in [0.15, 0.2) is 0 Å². The minimum absolute atomic E-state index is 0.144. The lowest BCUT2D eigenvalue weighted by molar-refractivity contribution is 0.636. The second kappa shape index (κ2) is 6.10. The van der Waals surface area contributed by atoms with Gasteiger partial charge in [0.05, 0.1) is 5.52 Å². The molecule has 3 rings (SSSR count). The van der Waals surface area contributed by atoms with Crippen molar-refractivity contribution in [2.24, 2.45) is 5.73 Å². The van der Waals surface area contributed by atoms with E-state index in [1.807, 2.05) is 12.3 Å². The highest BCUT2D eigenvalue weighted by atomic mass is 14.9. The fourth-order valence-corrected chi connectivity index (χ4v) is 2.74. The zero-order valence-electron chi connectivity index (χ0n) is 12.4. The molecular formula is C18H21N3. The van der Waals surface area contributed by atoms with Gasteiger partial charge in [-0.05, 0) is 35.7 Å². The van der Waals surface area contributed by atoms with Crippen molar-refractivity contribution >= 4 is 10.9 Å². The van der Waals surface area contributed by atoms with Crippen molar-refractivity contribution in [2.45, 2.75) is 32.4 Å². The molecule has 0 aliphatic carbocycles. The predicted molar refractivity (Wildman–Crippen MR) is 87.1 cm³/mol. The number of pyridine rings is 1. The summed E-state index contributed by atoms with van der Waals surface area (Å²) in [7, 11) is 0. The zero-order valence-corrected chi connectivity index (χ0v) is 12.4. The molecule has 0 spiro atoms. The second-order valence-corrected chi connectivity index (χ2v) is 5.50. The molecule has 0 radical (unpaired) electrons. The van der Waals surface area contributed by atoms with E-state index in [2.05, 4.69) is 59.2 Å². The van der Waals surface area contributed by atoms with E-state index < -0.39 is 0 Å². The van der Waals surface area contributed by atoms with E-state index in [1.165, 1.54) is 16.5 Å². The van der Waals surface area contributed by atoms with Gasteiger partial charge in [-0.15, -0.1) is 0 Å². The van der Waals surface area contributed by atoms with Crippen LogP contribution in [0.5, 0.6) is 0 Å². The molecule has 1 aromatic carbocycles. The molecule has 0 amide bonds. The Balaban J connectivity index is 1.86. The van der Waals surface area contributed by atoms with Crippen molar-refractivity contribution in [1.29, 1.82) is 0 Å². The maximum absolute atomic E-state index is 6.18. The first kappa shape index (κ1) is 13.8. The highest BCUT2D eigenvalue weighted by Crippen LogP contribution is 2.20. The Labute approximate surface area is 125 Å². The van der Waals surface area contributed by atoms with Gasteiger partial charge in [0, 0.05) is 36.6 Å². The lowest BCUT2D eigenvalue weighted by Gasteiger charge is -2.09. The quantitative estimate of drug-likeness (QED) is 0.770. The number of fused-ring (bicyclic) bond motifs is 1. The van der Waals surface area contributed by atoms with Gasteiger partial charge in [-0.2, -0.15) is 0 Å². The summed E-state index contributed by atoms with van der Waals surface area (Å²) in [4.78, 5) is 4.41. The highest BCUT2D eigenvalue weighted by molar-refractivity contribution is 5.81. The van der Waals surface area contributed by atoms with Gasteiger partial charge in [0.1, 0.15) is 0 Å². The van der Waals surface area contributed by atoms with Gasteiger partial charge in [-0.3, -0.25) is 4.98 Å². The first-order valence-electron chi connectivity index (χ1n) is 7.52. The van der Waals surface area contributed by atoms with Crippen molar-refractivity contribution in [1.82, 2.24) is 9.55 Å². The number of hydrogen-bond acceptors (Lipinski definition) is 2. The fourth-order valence-electron chi connectivity index (χ4n) is 2.74. The maximum atomic E-state index is 6.18. The molecule has 0 bridgehead atoms. The van der Waals surface area contributed by atoms with Crippen LogP contribution in [0, 0.1) is 0 Å². The van der Waals surface area contributed by atoms with Gasteiger partial charge < -0.3 is 10.3 Å². The smallest absolute Gasteiger partial charge is 0.0705 e. The van der Waals surface area contributed by atoms with E-state index in [0.29, 0.717) is 0 Å². The van der Waals surface area contributed by atoms with Crippen molar-refractivity contribution in [3.8, 4) is 0 Å². The highest BCUT2D eigenvalue weighted by Gasteiger charge is 2.07. The van der Waals surface area contributed by atoms with E-state index in [0.717, 1.165) is 24.9 Å². The van der Waals surface area contributed by atoms with Crippen LogP contribution in [0.3, 0.4) is 0 Å². The molecule has 2 aromatic heterocycles. The van der Waals surface area contributed by atoms with Gasteiger partial charge in [0.25, 0.3) is 0 Å². The third kappa shape index (κ3) is 2.98. The van der Waals surface area contributed by atoms with Crippen molar-refractivity contribution < 1.29 is 0 Å². The van der Waals surface area contributed by atoms with Crippen LogP contribution in [0.2, 0.25) is 0 Å². The summed E-state index contributed by atoms with van der Waals surface area (Å²) in [6.45, 7) is 3.02. The summed E-state index contributed by atoms with van der Waals surface area (Å²) in [5.74, 6) is 0. The molecule has 3 aromatic rings. The number of benzene rings is 1. The van der Waals surface area contributed by atoms with Crippen molar-refractivity contribution in [2.75, 3.05) is 0 Å². The van der Waals surface area contributed by atoms with Gasteiger partial charge in [-0.1, -0.05) is 31.5 Å². The number of para-hydroxylation sites is 1. The molecule has 1 atom stereocenters. The molecule has 3 nitrogen and oxygen atoms in total. The first-order valence-corrected chi connectivity index (χ1v) is 7.52. The molecule has 21 heavy (non-hydrogen) atoms. The summed E-state index contributed by atoms with van der Waals surface area (Å²) in [5.41, 5.74) is 9.73. The van der Waals surface area contributed by atoms with Crippen molar-refractivity contribution in [3.63, 3.8) is 0 Å². The summed E-state index contributed by atoms with van der Waals surface area (Å²) in [5, 5.41) is 1.22. The molecule has 0 fully saturated rings. The summed E-state index contributed by atoms with van der Waals surface area (Å²) < 4.78 is 2.20. The topological polar surface area (TPSA) is 43.8 Å². The number of aromatic nitrogens is 2. The monoisotopic (exact) mass is 279 g/mol. The minimum Gasteiger partial charge on any atom is -0.350 e. The molecule has 0 saturated heterocycles. The van der Waals surface area contributed by atoms with Crippen LogP contribution in [0.25, 0.3) is 10.9 Å². The van der Waals surface area contributed by atoms with Crippen LogP contribution < -0.4 is 5.73 Å². The Morgan fingerprint density at radius 1 is 1.19 bits per heavy atom. The average Bonchev–Trinajstić information content (AvgIpc) is 2.97. The van der Waals surface area contributed by atoms with Gasteiger partial charge >= 0.3 is 0 Å². The largest absolute Gasteiger partial charge is 0.350 e. The molecule has 1 unspecified atom stereocenters. The molecule has 0 aliphatic heterocycles. The lowest BCUT2D eigenvalue weighted by Crippen LogP contribution is -2.08. The number of nitrogens with zero attached hydrogens (tertiary/aromatic N) is 2. The normalized spacial score (nSPS) is 12.7. The predicted octanol–water partition coefficient (Wildman–Crippen LogP) is 3.88. The number of hydrogen-bond donors (Lipinski definition) is 1. The maximum Gasteiger partial charge on any atom is 0.0705 e. The molecule has 2 heterocycles. The molecule has 3 heteroatoms. The summed E-state index contributed by atoms with van der Waals surface area (Å²) in [6, 6.07) is 12.6. The van der Waals surface area contributed by atoms with E-state index in [9.17, 15) is 0 Å². The van der Waals surface area contributed by atoms with E-state index >= 15 is 0 Å². The van der Waals surface area contributed by atoms with Gasteiger partial charge in [-0.25, -0.2) is 0 Å². The summed E-state index contributed by atoms with van der Waals surface area (Å²) in [6.07, 6.45) is 8.30. The summed E-state index contributed by atoms with van der Waals surface area (Å²) >= 11 is 0. The molecule has 2 N–H and O–H groups in total. The molecular weight excluding hydrogens is 258 g/mol. The van der Waals surface area contributed by atoms with Crippen LogP contribution >= 0.6 is 0 Å². The second-order valence-electron chi connectivity index (χ2n) is 5.50. The Kier molecular flexibility index (Phi) is 4.02. The molecule has 108 valence electrons. The SMILES string of the molecule is CCCC(N)c1ccn(Cc2ccnc3ccccc23)c1. The first-order chi connectivity index (χ1) is 10.3. The third-order valence-corrected chi connectivity index (χ3v) is 3.89. The minimum atomic E-state index is 0.144. The third-order valence-electron chi connectivity index (χ3n) is 3.89. The zero-order chi connectivity index (χ0) is 14.7. The standard InChI is InChI=1S/C18H21N3/c1-2-5-17(19)15-9-11-21(13-15)12-14-8-10-20-18-7-4-3-6-16(14)18/h3-4,6-11,13,17H,2,5,12,19H2,1H3. The Morgan fingerprint density at radius 2 is 2.05 bits per heavy atom. The van der Waals surface area contributed by atoms with Crippen LogP contribution in [0.15, 0.2) is 55.0 Å². The molecule has 0 aliphatic rings. The van der Waals surface area contributed by atoms with Crippen LogP contribution in [-0.2, 0) is 6.54 Å². The van der Waals surface area contributed by atoms with Gasteiger partial charge in [0.2, 0.25) is 0 Å². The van der Waals surface area contributed by atoms with Crippen molar-refractivity contribution in [3.05, 3.63) is 66.1 Å². The Bertz CT molecular complexity index is 725. The fraction of sp³-hybridized carbons (Fsp3) is 0.278.